The first kappa shape index (κ1) is 26.2. The minimum atomic E-state index is -4.74. The summed E-state index contributed by atoms with van der Waals surface area (Å²) < 4.78 is 42.4. The van der Waals surface area contributed by atoms with Crippen LogP contribution in [0.1, 0.15) is 59.4 Å². The third-order valence-corrected chi connectivity index (χ3v) is 8.34. The number of anilines is 1. The molecule has 4 aromatic rings. The van der Waals surface area contributed by atoms with Crippen LogP contribution < -0.4 is 5.32 Å². The van der Waals surface area contributed by atoms with Gasteiger partial charge in [-0.15, -0.1) is 11.3 Å². The molecule has 1 aliphatic rings. The van der Waals surface area contributed by atoms with Gasteiger partial charge in [0.15, 0.2) is 17.0 Å². The highest BCUT2D eigenvalue weighted by Gasteiger charge is 2.36. The Labute approximate surface area is 226 Å². The quantitative estimate of drug-likeness (QED) is 0.284. The molecule has 1 amide bonds. The van der Waals surface area contributed by atoms with E-state index in [4.69, 9.17) is 11.6 Å². The Hall–Kier alpha value is -3.42. The maximum absolute atomic E-state index is 13.9. The van der Waals surface area contributed by atoms with Gasteiger partial charge in [-0.25, -0.2) is 9.50 Å². The predicted octanol–water partition coefficient (Wildman–Crippen LogP) is 7.40. The maximum atomic E-state index is 13.9. The third-order valence-electron chi connectivity index (χ3n) is 6.92. The van der Waals surface area contributed by atoms with E-state index >= 15 is 0 Å². The smallest absolute Gasteiger partial charge is 0.311 e. The number of aromatic nitrogens is 3. The van der Waals surface area contributed by atoms with Gasteiger partial charge in [-0.2, -0.15) is 23.5 Å². The van der Waals surface area contributed by atoms with Crippen molar-refractivity contribution >= 4 is 39.5 Å². The molecule has 0 saturated heterocycles. The molecule has 5 rings (SSSR count). The fraction of sp³-hybridized carbons (Fsp3) is 0.333. The molecule has 0 spiro atoms. The Kier molecular flexibility index (Phi) is 6.48. The largest absolute Gasteiger partial charge is 0.433 e. The van der Waals surface area contributed by atoms with Crippen LogP contribution in [0.3, 0.4) is 0 Å². The summed E-state index contributed by atoms with van der Waals surface area (Å²) in [4.78, 5) is 18.5. The van der Waals surface area contributed by atoms with Gasteiger partial charge in [0.25, 0.3) is 5.91 Å². The van der Waals surface area contributed by atoms with Crippen LogP contribution in [0.15, 0.2) is 36.4 Å². The average Bonchev–Trinajstić information content (AvgIpc) is 3.43. The summed E-state index contributed by atoms with van der Waals surface area (Å²) in [5.74, 6) is -0.261. The number of nitrogens with one attached hydrogen (secondary N) is 1. The highest BCUT2D eigenvalue weighted by molar-refractivity contribution is 7.16. The zero-order chi connectivity index (χ0) is 27.4. The number of nitriles is 1. The van der Waals surface area contributed by atoms with E-state index in [-0.39, 0.29) is 22.5 Å². The van der Waals surface area contributed by atoms with Gasteiger partial charge < -0.3 is 5.32 Å². The van der Waals surface area contributed by atoms with Crippen molar-refractivity contribution in [2.45, 2.75) is 46.2 Å². The van der Waals surface area contributed by atoms with E-state index in [1.54, 1.807) is 24.3 Å². The molecule has 1 N–H and O–H groups in total. The fourth-order valence-corrected chi connectivity index (χ4v) is 6.15. The number of alkyl halides is 3. The van der Waals surface area contributed by atoms with Crippen molar-refractivity contribution in [2.24, 2.45) is 11.3 Å². The average molecular weight is 558 g/mol. The van der Waals surface area contributed by atoms with Crippen LogP contribution in [-0.2, 0) is 19.0 Å². The lowest BCUT2D eigenvalue weighted by Crippen LogP contribution is -2.26. The van der Waals surface area contributed by atoms with E-state index in [0.717, 1.165) is 35.8 Å². The number of amides is 1. The minimum Gasteiger partial charge on any atom is -0.311 e. The van der Waals surface area contributed by atoms with Crippen LogP contribution in [-0.4, -0.2) is 20.5 Å². The molecule has 3 heterocycles. The van der Waals surface area contributed by atoms with E-state index in [0.29, 0.717) is 31.6 Å². The summed E-state index contributed by atoms with van der Waals surface area (Å²) in [7, 11) is 0. The van der Waals surface area contributed by atoms with E-state index < -0.39 is 17.8 Å². The Bertz CT molecular complexity index is 1590. The van der Waals surface area contributed by atoms with E-state index in [9.17, 15) is 23.2 Å². The van der Waals surface area contributed by atoms with Crippen LogP contribution in [0.5, 0.6) is 0 Å². The molecule has 0 radical (unpaired) electrons. The molecular formula is C27H23ClF3N5OS. The highest BCUT2D eigenvalue weighted by Crippen LogP contribution is 2.44. The topological polar surface area (TPSA) is 83.1 Å². The third kappa shape index (κ3) is 4.88. The van der Waals surface area contributed by atoms with Gasteiger partial charge >= 0.3 is 6.18 Å². The summed E-state index contributed by atoms with van der Waals surface area (Å²) in [5.41, 5.74) is 0.538. The molecule has 1 aliphatic carbocycles. The predicted molar refractivity (Wildman–Crippen MR) is 140 cm³/mol. The Balaban J connectivity index is 1.50. The van der Waals surface area contributed by atoms with Crippen molar-refractivity contribution in [2.75, 3.05) is 5.32 Å². The number of carbonyl (C=O) groups is 1. The monoisotopic (exact) mass is 557 g/mol. The normalized spacial score (nSPS) is 15.8. The Morgan fingerprint density at radius 2 is 1.92 bits per heavy atom. The standard InChI is InChI=1S/C27H23ClF3N5OS/c1-26(2,3)15-6-9-17-18(13-32)25(38-21(17)10-15)34-24(37)20-12-23-33-19(14-4-7-16(28)8-5-14)11-22(27(29,30)31)36(23)35-20/h4-5,7-8,11-12,15H,6,9-10H2,1-3H3,(H,34,37)/t15-/m1/s1. The lowest BCUT2D eigenvalue weighted by Gasteiger charge is -2.33. The molecule has 11 heteroatoms. The van der Waals surface area contributed by atoms with Crippen molar-refractivity contribution in [3.05, 3.63) is 68.8 Å². The van der Waals surface area contributed by atoms with Crippen LogP contribution >= 0.6 is 22.9 Å². The number of nitrogens with zero attached hydrogens (tertiary/aromatic N) is 4. The molecule has 1 aromatic carbocycles. The number of halogens is 4. The van der Waals surface area contributed by atoms with Crippen molar-refractivity contribution < 1.29 is 18.0 Å². The van der Waals surface area contributed by atoms with Gasteiger partial charge in [0.2, 0.25) is 0 Å². The molecule has 6 nitrogen and oxygen atoms in total. The molecule has 0 unspecified atom stereocenters. The van der Waals surface area contributed by atoms with Crippen molar-refractivity contribution in [3.63, 3.8) is 0 Å². The molecule has 38 heavy (non-hydrogen) atoms. The number of rotatable bonds is 3. The highest BCUT2D eigenvalue weighted by atomic mass is 35.5. The Morgan fingerprint density at radius 3 is 2.55 bits per heavy atom. The summed E-state index contributed by atoms with van der Waals surface area (Å²) in [5, 5.41) is 17.3. The van der Waals surface area contributed by atoms with E-state index in [2.05, 4.69) is 42.2 Å². The molecule has 1 atom stereocenters. The maximum Gasteiger partial charge on any atom is 0.433 e. The molecule has 0 bridgehead atoms. The van der Waals surface area contributed by atoms with Crippen LogP contribution in [0, 0.1) is 22.7 Å². The van der Waals surface area contributed by atoms with Crippen LogP contribution in [0.4, 0.5) is 18.2 Å². The molecule has 3 aromatic heterocycles. The first-order valence-corrected chi connectivity index (χ1v) is 13.1. The van der Waals surface area contributed by atoms with Crippen LogP contribution in [0.2, 0.25) is 5.02 Å². The van der Waals surface area contributed by atoms with Gasteiger partial charge in [0.1, 0.15) is 11.1 Å². The zero-order valence-corrected chi connectivity index (χ0v) is 22.4. The van der Waals surface area contributed by atoms with Gasteiger partial charge in [-0.1, -0.05) is 44.5 Å². The summed E-state index contributed by atoms with van der Waals surface area (Å²) >= 11 is 7.26. The molecule has 196 valence electrons. The Morgan fingerprint density at radius 1 is 1.21 bits per heavy atom. The summed E-state index contributed by atoms with van der Waals surface area (Å²) in [6.45, 7) is 6.57. The van der Waals surface area contributed by atoms with Gasteiger partial charge in [0, 0.05) is 21.5 Å². The van der Waals surface area contributed by atoms with Gasteiger partial charge in [0.05, 0.1) is 11.3 Å². The fourth-order valence-electron chi connectivity index (χ4n) is 4.75. The summed E-state index contributed by atoms with van der Waals surface area (Å²) in [6.07, 6.45) is -2.24. The number of benzene rings is 1. The zero-order valence-electron chi connectivity index (χ0n) is 20.8. The number of carbonyl (C=O) groups excluding carboxylic acids is 1. The number of fused-ring (bicyclic) bond motifs is 2. The minimum absolute atomic E-state index is 0.0689. The second-order valence-corrected chi connectivity index (χ2v) is 12.0. The SMILES string of the molecule is CC(C)(C)[C@@H]1CCc2c(sc(NC(=O)c3cc4nc(-c5ccc(Cl)cc5)cc(C(F)(F)F)n4n3)c2C#N)C1. The first-order valence-electron chi connectivity index (χ1n) is 11.9. The molecular weight excluding hydrogens is 535 g/mol. The number of hydrogen-bond acceptors (Lipinski definition) is 5. The van der Waals surface area contributed by atoms with E-state index in [1.165, 1.54) is 17.4 Å². The van der Waals surface area contributed by atoms with Crippen molar-refractivity contribution in [1.82, 2.24) is 14.6 Å². The number of hydrogen-bond donors (Lipinski definition) is 1. The summed E-state index contributed by atoms with van der Waals surface area (Å²) in [6, 6.07) is 10.5. The van der Waals surface area contributed by atoms with Crippen molar-refractivity contribution in [1.29, 1.82) is 5.26 Å². The lowest BCUT2D eigenvalue weighted by atomic mass is 9.72. The van der Waals surface area contributed by atoms with Crippen LogP contribution in [0.25, 0.3) is 16.9 Å². The van der Waals surface area contributed by atoms with Crippen molar-refractivity contribution in [3.8, 4) is 17.3 Å². The second kappa shape index (κ2) is 9.40. The lowest BCUT2D eigenvalue weighted by molar-refractivity contribution is -0.142. The molecule has 0 fully saturated rings. The second-order valence-electron chi connectivity index (χ2n) is 10.4. The first-order chi connectivity index (χ1) is 17.8. The molecule has 0 aliphatic heterocycles. The van der Waals surface area contributed by atoms with E-state index in [1.807, 2.05) is 0 Å². The molecule has 0 saturated carbocycles. The number of thiophene rings is 1. The van der Waals surface area contributed by atoms with Gasteiger partial charge in [-0.3, -0.25) is 4.79 Å². The van der Waals surface area contributed by atoms with Gasteiger partial charge in [-0.05, 0) is 54.4 Å².